The molecule has 0 aliphatic rings. The summed E-state index contributed by atoms with van der Waals surface area (Å²) in [6.45, 7) is 3.79. The van der Waals surface area contributed by atoms with Crippen molar-refractivity contribution in [2.45, 2.75) is 23.5 Å². The summed E-state index contributed by atoms with van der Waals surface area (Å²) in [5.74, 6) is 0. The molecule has 6 heteroatoms. The molecular weight excluding hydrogens is 327 g/mol. The summed E-state index contributed by atoms with van der Waals surface area (Å²) in [6.07, 6.45) is 4.54. The monoisotopic (exact) mass is 346 g/mol. The van der Waals surface area contributed by atoms with Crippen molar-refractivity contribution in [2.24, 2.45) is 10.6 Å². The average Bonchev–Trinajstić information content (AvgIpc) is 2.00. The van der Waals surface area contributed by atoms with E-state index in [-0.39, 0.29) is 5.41 Å². The third-order valence-electron chi connectivity index (χ3n) is 1.95. The molecule has 1 unspecified atom stereocenters. The van der Waals surface area contributed by atoms with Gasteiger partial charge in [0, 0.05) is 14.1 Å². The largest absolute Gasteiger partial charge is 0.384 e. The minimum absolute atomic E-state index is 0.360. The molecule has 0 saturated carbocycles. The fourth-order valence-electron chi connectivity index (χ4n) is 1.10. The molecule has 0 fully saturated rings. The van der Waals surface area contributed by atoms with Gasteiger partial charge < -0.3 is 4.90 Å². The van der Waals surface area contributed by atoms with Crippen LogP contribution in [0.4, 0.5) is 0 Å². The molecule has 2 N–H and O–H groups in total. The summed E-state index contributed by atoms with van der Waals surface area (Å²) in [7, 11) is 0.371. The third kappa shape index (κ3) is 5.72. The Kier molecular flexibility index (Phi) is 5.56. The highest BCUT2D eigenvalue weighted by Crippen LogP contribution is 2.34. The number of nitrogens with two attached hydrogens (primary N) is 1. The van der Waals surface area contributed by atoms with Gasteiger partial charge in [0.1, 0.15) is 3.26 Å². The zero-order chi connectivity index (χ0) is 12.3. The van der Waals surface area contributed by atoms with Gasteiger partial charge in [0.05, 0.1) is 0 Å². The summed E-state index contributed by atoms with van der Waals surface area (Å²) in [5, 5.41) is 5.13. The van der Waals surface area contributed by atoms with E-state index in [1.165, 1.54) is 0 Å². The number of alkyl halides is 1. The fourth-order valence-corrected chi connectivity index (χ4v) is 2.34. The van der Waals surface area contributed by atoms with E-state index in [1.807, 2.05) is 67.7 Å². The van der Waals surface area contributed by atoms with Gasteiger partial charge in [0.25, 0.3) is 0 Å². The van der Waals surface area contributed by atoms with Crippen LogP contribution in [-0.4, -0.2) is 30.7 Å². The standard InChI is InChI=1S/C9H19IN2O2S/c1-9(2,6-5-7-12(3)4)8(10)15(11,13)14/h5,7-8H,6H2,1-4H3,(H2,11,13,14). The van der Waals surface area contributed by atoms with E-state index >= 15 is 0 Å². The summed E-state index contributed by atoms with van der Waals surface area (Å²) < 4.78 is 21.8. The molecule has 0 saturated heterocycles. The molecule has 0 rings (SSSR count). The van der Waals surface area contributed by atoms with Crippen LogP contribution in [0.15, 0.2) is 12.3 Å². The number of nitrogens with zero attached hydrogens (tertiary/aromatic N) is 1. The molecule has 0 aliphatic heterocycles. The van der Waals surface area contributed by atoms with Gasteiger partial charge >= 0.3 is 0 Å². The molecule has 0 aromatic rings. The van der Waals surface area contributed by atoms with E-state index in [9.17, 15) is 8.42 Å². The quantitative estimate of drug-likeness (QED) is 0.607. The Morgan fingerprint density at radius 3 is 2.27 bits per heavy atom. The Morgan fingerprint density at radius 1 is 1.47 bits per heavy atom. The second-order valence-corrected chi connectivity index (χ2v) is 8.19. The lowest BCUT2D eigenvalue weighted by molar-refractivity contribution is 0.404. The molecular formula is C9H19IN2O2S. The SMILES string of the molecule is CN(C)C=CCC(C)(C)C(I)S(N)(=O)=O. The zero-order valence-corrected chi connectivity index (χ0v) is 12.5. The third-order valence-corrected chi connectivity index (χ3v) is 6.98. The lowest BCUT2D eigenvalue weighted by Crippen LogP contribution is -2.35. The average molecular weight is 346 g/mol. The molecule has 0 amide bonds. The molecule has 0 spiro atoms. The molecule has 1 atom stereocenters. The molecule has 0 heterocycles. The second kappa shape index (κ2) is 5.49. The first-order valence-corrected chi connectivity index (χ1v) is 7.41. The Morgan fingerprint density at radius 2 is 1.93 bits per heavy atom. The number of primary sulfonamides is 1. The summed E-state index contributed by atoms with van der Waals surface area (Å²) in [6, 6.07) is 0. The number of rotatable bonds is 5. The smallest absolute Gasteiger partial charge is 0.221 e. The topological polar surface area (TPSA) is 63.4 Å². The maximum atomic E-state index is 11.2. The van der Waals surface area contributed by atoms with E-state index in [2.05, 4.69) is 0 Å². The Hall–Kier alpha value is 0.180. The van der Waals surface area contributed by atoms with Crippen LogP contribution in [0.25, 0.3) is 0 Å². The Bertz CT molecular complexity index is 323. The normalized spacial score (nSPS) is 15.6. The van der Waals surface area contributed by atoms with Gasteiger partial charge in [-0.1, -0.05) is 42.5 Å². The van der Waals surface area contributed by atoms with Crippen molar-refractivity contribution in [1.29, 1.82) is 0 Å². The lowest BCUT2D eigenvalue weighted by Gasteiger charge is -2.27. The Labute approximate surface area is 106 Å². The van der Waals surface area contributed by atoms with Crippen molar-refractivity contribution < 1.29 is 8.42 Å². The van der Waals surface area contributed by atoms with Gasteiger partial charge in [-0.2, -0.15) is 0 Å². The first-order valence-electron chi connectivity index (χ1n) is 4.56. The van der Waals surface area contributed by atoms with Gasteiger partial charge in [-0.25, -0.2) is 13.6 Å². The highest BCUT2D eigenvalue weighted by Gasteiger charge is 2.34. The van der Waals surface area contributed by atoms with Crippen LogP contribution in [0.1, 0.15) is 20.3 Å². The van der Waals surface area contributed by atoms with Crippen LogP contribution in [0, 0.1) is 5.41 Å². The molecule has 0 radical (unpaired) electrons. The van der Waals surface area contributed by atoms with Crippen molar-refractivity contribution in [3.05, 3.63) is 12.3 Å². The van der Waals surface area contributed by atoms with Crippen LogP contribution in [0.3, 0.4) is 0 Å². The lowest BCUT2D eigenvalue weighted by atomic mass is 9.92. The van der Waals surface area contributed by atoms with E-state index in [4.69, 9.17) is 5.14 Å². The maximum Gasteiger partial charge on any atom is 0.221 e. The molecule has 0 bridgehead atoms. The maximum absolute atomic E-state index is 11.2. The number of sulfonamides is 1. The molecule has 15 heavy (non-hydrogen) atoms. The van der Waals surface area contributed by atoms with Crippen molar-refractivity contribution in [3.63, 3.8) is 0 Å². The van der Waals surface area contributed by atoms with E-state index in [0.29, 0.717) is 6.42 Å². The minimum Gasteiger partial charge on any atom is -0.384 e. The minimum atomic E-state index is -3.47. The van der Waals surface area contributed by atoms with Gasteiger partial charge in [-0.3, -0.25) is 0 Å². The number of halogens is 1. The predicted octanol–water partition coefficient (Wildman–Crippen LogP) is 1.53. The van der Waals surface area contributed by atoms with Crippen molar-refractivity contribution >= 4 is 32.6 Å². The first kappa shape index (κ1) is 15.2. The molecule has 4 nitrogen and oxygen atoms in total. The van der Waals surface area contributed by atoms with Gasteiger partial charge in [0.2, 0.25) is 10.0 Å². The number of allylic oxidation sites excluding steroid dienone is 1. The van der Waals surface area contributed by atoms with Crippen molar-refractivity contribution in [2.75, 3.05) is 14.1 Å². The number of hydrogen-bond donors (Lipinski definition) is 1. The fraction of sp³-hybridized carbons (Fsp3) is 0.778. The second-order valence-electron chi connectivity index (χ2n) is 4.45. The first-order chi connectivity index (χ1) is 6.57. The van der Waals surface area contributed by atoms with Crippen LogP contribution in [-0.2, 0) is 10.0 Å². The van der Waals surface area contributed by atoms with E-state index in [0.717, 1.165) is 0 Å². The summed E-state index contributed by atoms with van der Waals surface area (Å²) in [4.78, 5) is 1.91. The highest BCUT2D eigenvalue weighted by molar-refractivity contribution is 14.1. The van der Waals surface area contributed by atoms with Gasteiger partial charge in [-0.15, -0.1) is 0 Å². The Balaban J connectivity index is 4.56. The zero-order valence-electron chi connectivity index (χ0n) is 9.57. The van der Waals surface area contributed by atoms with E-state index in [1.54, 1.807) is 0 Å². The van der Waals surface area contributed by atoms with Crippen molar-refractivity contribution in [3.8, 4) is 0 Å². The van der Waals surface area contributed by atoms with Gasteiger partial charge in [-0.05, 0) is 18.0 Å². The van der Waals surface area contributed by atoms with Crippen LogP contribution < -0.4 is 5.14 Å². The van der Waals surface area contributed by atoms with Crippen LogP contribution in [0.5, 0.6) is 0 Å². The molecule has 0 aromatic carbocycles. The molecule has 0 aliphatic carbocycles. The van der Waals surface area contributed by atoms with Crippen molar-refractivity contribution in [1.82, 2.24) is 4.90 Å². The molecule has 90 valence electrons. The number of hydrogen-bond acceptors (Lipinski definition) is 3. The van der Waals surface area contributed by atoms with E-state index < -0.39 is 13.3 Å². The summed E-state index contributed by atoms with van der Waals surface area (Å²) >= 11 is 1.89. The highest BCUT2D eigenvalue weighted by atomic mass is 127. The summed E-state index contributed by atoms with van der Waals surface area (Å²) in [5.41, 5.74) is -0.360. The predicted molar refractivity (Wildman–Crippen MR) is 72.1 cm³/mol. The van der Waals surface area contributed by atoms with Gasteiger partial charge in [0.15, 0.2) is 0 Å². The van der Waals surface area contributed by atoms with Crippen LogP contribution in [0.2, 0.25) is 0 Å². The molecule has 0 aromatic heterocycles. The van der Waals surface area contributed by atoms with Crippen LogP contribution >= 0.6 is 22.6 Å².